The van der Waals surface area contributed by atoms with E-state index < -0.39 is 5.97 Å². The zero-order valence-electron chi connectivity index (χ0n) is 10.9. The molecule has 0 aliphatic heterocycles. The van der Waals surface area contributed by atoms with Gasteiger partial charge in [0.25, 0.3) is 0 Å². The van der Waals surface area contributed by atoms with Gasteiger partial charge >= 0.3 is 11.7 Å². The van der Waals surface area contributed by atoms with E-state index in [-0.39, 0.29) is 18.2 Å². The van der Waals surface area contributed by atoms with E-state index >= 15 is 0 Å². The second-order valence-corrected chi connectivity index (χ2v) is 4.82. The van der Waals surface area contributed by atoms with E-state index in [0.29, 0.717) is 6.54 Å². The van der Waals surface area contributed by atoms with Gasteiger partial charge in [-0.05, 0) is 31.7 Å². The third kappa shape index (κ3) is 3.23. The standard InChI is InChI=1S/C13H17N3O3/c1-8(5-12(17)18)16(2)7-9-3-4-10-11(6-9)15-13(19)14-10/h3-4,6,8H,5,7H2,1-2H3,(H,17,18)(H2,14,15,19). The van der Waals surface area contributed by atoms with Crippen LogP contribution in [0.3, 0.4) is 0 Å². The third-order valence-electron chi connectivity index (χ3n) is 3.23. The molecule has 19 heavy (non-hydrogen) atoms. The fourth-order valence-electron chi connectivity index (χ4n) is 2.03. The summed E-state index contributed by atoms with van der Waals surface area (Å²) in [6, 6.07) is 5.63. The summed E-state index contributed by atoms with van der Waals surface area (Å²) in [5.41, 5.74) is 2.35. The number of hydrogen-bond acceptors (Lipinski definition) is 3. The zero-order valence-corrected chi connectivity index (χ0v) is 10.9. The first-order valence-corrected chi connectivity index (χ1v) is 6.08. The number of carboxylic acids is 1. The quantitative estimate of drug-likeness (QED) is 0.755. The van der Waals surface area contributed by atoms with Crippen molar-refractivity contribution >= 4 is 17.0 Å². The summed E-state index contributed by atoms with van der Waals surface area (Å²) >= 11 is 0. The molecule has 0 aliphatic rings. The molecular formula is C13H17N3O3. The minimum absolute atomic E-state index is 0.0431. The van der Waals surface area contributed by atoms with E-state index in [1.54, 1.807) is 0 Å². The molecule has 1 aromatic heterocycles. The number of carboxylic acid groups (broad SMARTS) is 1. The lowest BCUT2D eigenvalue weighted by Crippen LogP contribution is -2.30. The smallest absolute Gasteiger partial charge is 0.323 e. The summed E-state index contributed by atoms with van der Waals surface area (Å²) < 4.78 is 0. The first kappa shape index (κ1) is 13.4. The highest BCUT2D eigenvalue weighted by Gasteiger charge is 2.13. The zero-order chi connectivity index (χ0) is 14.0. The summed E-state index contributed by atoms with van der Waals surface area (Å²) in [6.45, 7) is 2.52. The van der Waals surface area contributed by atoms with Crippen LogP contribution in [0, 0.1) is 0 Å². The predicted octanol–water partition coefficient (Wildman–Crippen LogP) is 1.15. The van der Waals surface area contributed by atoms with E-state index in [1.165, 1.54) is 0 Å². The van der Waals surface area contributed by atoms with Crippen LogP contribution in [0.1, 0.15) is 18.9 Å². The number of H-pyrrole nitrogens is 2. The van der Waals surface area contributed by atoms with Gasteiger partial charge in [0.05, 0.1) is 17.5 Å². The van der Waals surface area contributed by atoms with E-state index in [2.05, 4.69) is 9.97 Å². The first-order valence-electron chi connectivity index (χ1n) is 6.08. The number of rotatable bonds is 5. The molecule has 0 spiro atoms. The number of aromatic nitrogens is 2. The average Bonchev–Trinajstić information content (AvgIpc) is 2.67. The van der Waals surface area contributed by atoms with E-state index in [4.69, 9.17) is 5.11 Å². The summed E-state index contributed by atoms with van der Waals surface area (Å²) in [5.74, 6) is -0.801. The van der Waals surface area contributed by atoms with E-state index in [9.17, 15) is 9.59 Å². The molecule has 1 aromatic carbocycles. The number of fused-ring (bicyclic) bond motifs is 1. The minimum Gasteiger partial charge on any atom is -0.481 e. The van der Waals surface area contributed by atoms with Gasteiger partial charge in [-0.3, -0.25) is 9.69 Å². The van der Waals surface area contributed by atoms with Crippen molar-refractivity contribution in [3.05, 3.63) is 34.2 Å². The Morgan fingerprint density at radius 2 is 2.05 bits per heavy atom. The highest BCUT2D eigenvalue weighted by atomic mass is 16.4. The van der Waals surface area contributed by atoms with Crippen LogP contribution in [0.25, 0.3) is 11.0 Å². The maximum Gasteiger partial charge on any atom is 0.323 e. The SMILES string of the molecule is CC(CC(=O)O)N(C)Cc1ccc2[nH]c(=O)[nH]c2c1. The van der Waals surface area contributed by atoms with Gasteiger partial charge in [0.15, 0.2) is 0 Å². The molecule has 0 aliphatic carbocycles. The molecule has 0 fully saturated rings. The Morgan fingerprint density at radius 3 is 2.74 bits per heavy atom. The molecular weight excluding hydrogens is 246 g/mol. The van der Waals surface area contributed by atoms with Gasteiger partial charge in [-0.25, -0.2) is 4.79 Å². The van der Waals surface area contributed by atoms with Gasteiger partial charge in [-0.1, -0.05) is 6.07 Å². The highest BCUT2D eigenvalue weighted by Crippen LogP contribution is 2.13. The predicted molar refractivity (Wildman–Crippen MR) is 72.1 cm³/mol. The van der Waals surface area contributed by atoms with Gasteiger partial charge in [-0.15, -0.1) is 0 Å². The Bertz CT molecular complexity index is 644. The van der Waals surface area contributed by atoms with Crippen molar-refractivity contribution in [3.8, 4) is 0 Å². The first-order chi connectivity index (χ1) is 8.95. The lowest BCUT2D eigenvalue weighted by atomic mass is 10.1. The van der Waals surface area contributed by atoms with Crippen molar-refractivity contribution in [2.24, 2.45) is 0 Å². The Hall–Kier alpha value is -2.08. The van der Waals surface area contributed by atoms with Crippen molar-refractivity contribution in [3.63, 3.8) is 0 Å². The van der Waals surface area contributed by atoms with Crippen molar-refractivity contribution < 1.29 is 9.90 Å². The molecule has 0 saturated heterocycles. The molecule has 0 amide bonds. The maximum absolute atomic E-state index is 11.2. The van der Waals surface area contributed by atoms with Crippen LogP contribution in [-0.2, 0) is 11.3 Å². The fourth-order valence-corrected chi connectivity index (χ4v) is 2.03. The molecule has 1 unspecified atom stereocenters. The molecule has 0 bridgehead atoms. The van der Waals surface area contributed by atoms with Crippen LogP contribution >= 0.6 is 0 Å². The minimum atomic E-state index is -0.801. The Balaban J connectivity index is 2.12. The summed E-state index contributed by atoms with van der Waals surface area (Å²) in [4.78, 5) is 29.2. The third-order valence-corrected chi connectivity index (χ3v) is 3.23. The Labute approximate surface area is 110 Å². The molecule has 6 nitrogen and oxygen atoms in total. The summed E-state index contributed by atoms with van der Waals surface area (Å²) in [5, 5.41) is 8.77. The number of hydrogen-bond donors (Lipinski definition) is 3. The molecule has 2 aromatic rings. The molecule has 1 atom stereocenters. The number of carbonyl (C=O) groups is 1. The van der Waals surface area contributed by atoms with Gasteiger partial charge < -0.3 is 15.1 Å². The Morgan fingerprint density at radius 1 is 1.37 bits per heavy atom. The van der Waals surface area contributed by atoms with Gasteiger partial charge in [0.1, 0.15) is 0 Å². The number of imidazole rings is 1. The lowest BCUT2D eigenvalue weighted by Gasteiger charge is -2.23. The lowest BCUT2D eigenvalue weighted by molar-refractivity contribution is -0.138. The van der Waals surface area contributed by atoms with Crippen molar-refractivity contribution in [1.29, 1.82) is 0 Å². The van der Waals surface area contributed by atoms with Crippen molar-refractivity contribution in [1.82, 2.24) is 14.9 Å². The molecule has 3 N–H and O–H groups in total. The number of benzene rings is 1. The largest absolute Gasteiger partial charge is 0.481 e. The van der Waals surface area contributed by atoms with E-state index in [1.807, 2.05) is 37.1 Å². The number of aliphatic carboxylic acids is 1. The van der Waals surface area contributed by atoms with Crippen molar-refractivity contribution in [2.75, 3.05) is 7.05 Å². The van der Waals surface area contributed by atoms with Crippen LogP contribution < -0.4 is 5.69 Å². The molecule has 2 rings (SSSR count). The second kappa shape index (κ2) is 5.27. The van der Waals surface area contributed by atoms with Gasteiger partial charge in [0.2, 0.25) is 0 Å². The monoisotopic (exact) mass is 263 g/mol. The molecule has 102 valence electrons. The molecule has 0 saturated carbocycles. The number of aromatic amines is 2. The number of nitrogens with one attached hydrogen (secondary N) is 2. The van der Waals surface area contributed by atoms with Gasteiger partial charge in [0, 0.05) is 12.6 Å². The topological polar surface area (TPSA) is 89.2 Å². The van der Waals surface area contributed by atoms with Crippen LogP contribution in [0.2, 0.25) is 0 Å². The molecule has 6 heteroatoms. The normalized spacial score (nSPS) is 13.0. The van der Waals surface area contributed by atoms with Crippen LogP contribution in [-0.4, -0.2) is 39.0 Å². The average molecular weight is 263 g/mol. The fraction of sp³-hybridized carbons (Fsp3) is 0.385. The highest BCUT2D eigenvalue weighted by molar-refractivity contribution is 5.75. The molecule has 1 heterocycles. The van der Waals surface area contributed by atoms with Crippen molar-refractivity contribution in [2.45, 2.75) is 25.9 Å². The van der Waals surface area contributed by atoms with Crippen LogP contribution in [0.15, 0.2) is 23.0 Å². The maximum atomic E-state index is 11.2. The summed E-state index contributed by atoms with van der Waals surface area (Å²) in [7, 11) is 1.89. The van der Waals surface area contributed by atoms with Crippen LogP contribution in [0.5, 0.6) is 0 Å². The van der Waals surface area contributed by atoms with Gasteiger partial charge in [-0.2, -0.15) is 0 Å². The number of nitrogens with zero attached hydrogens (tertiary/aromatic N) is 1. The van der Waals surface area contributed by atoms with E-state index in [0.717, 1.165) is 16.6 Å². The second-order valence-electron chi connectivity index (χ2n) is 4.82. The summed E-state index contributed by atoms with van der Waals surface area (Å²) in [6.07, 6.45) is 0.111. The molecule has 0 radical (unpaired) electrons. The van der Waals surface area contributed by atoms with Crippen LogP contribution in [0.4, 0.5) is 0 Å². The Kier molecular flexibility index (Phi) is 3.71.